The number of benzene rings is 1. The average Bonchev–Trinajstić information content (AvgIpc) is 2.41. The van der Waals surface area contributed by atoms with Crippen molar-refractivity contribution < 1.29 is 5.11 Å². The Morgan fingerprint density at radius 1 is 1.50 bits per heavy atom. The van der Waals surface area contributed by atoms with Gasteiger partial charge in [-0.05, 0) is 43.1 Å². The van der Waals surface area contributed by atoms with E-state index in [4.69, 9.17) is 23.8 Å². The number of hydrogen-bond donors (Lipinski definition) is 2. The van der Waals surface area contributed by atoms with E-state index in [0.717, 1.165) is 31.6 Å². The van der Waals surface area contributed by atoms with Gasteiger partial charge in [-0.2, -0.15) is 0 Å². The maximum atomic E-state index is 9.21. The lowest BCUT2D eigenvalue weighted by atomic mass is 9.99. The number of thiocarbonyl (C=S) groups is 1. The molecule has 1 atom stereocenters. The number of hydrogen-bond acceptors (Lipinski definition) is 2. The van der Waals surface area contributed by atoms with Crippen molar-refractivity contribution in [2.75, 3.05) is 25.0 Å². The zero-order valence-electron chi connectivity index (χ0n) is 10.1. The van der Waals surface area contributed by atoms with Crippen LogP contribution in [-0.4, -0.2) is 34.8 Å². The van der Waals surface area contributed by atoms with Crippen molar-refractivity contribution in [3.8, 4) is 0 Å². The monoisotopic (exact) mass is 284 g/mol. The summed E-state index contributed by atoms with van der Waals surface area (Å²) in [6.45, 7) is 1.98. The molecule has 0 amide bonds. The maximum Gasteiger partial charge on any atom is 0.173 e. The molecule has 0 unspecified atom stereocenters. The molecule has 0 radical (unpaired) electrons. The van der Waals surface area contributed by atoms with Gasteiger partial charge in [0.15, 0.2) is 5.11 Å². The fraction of sp³-hybridized carbons (Fsp3) is 0.462. The third-order valence-corrected chi connectivity index (χ3v) is 3.87. The molecule has 0 aromatic heterocycles. The minimum Gasteiger partial charge on any atom is -0.396 e. The number of piperidine rings is 1. The molecule has 1 heterocycles. The molecule has 18 heavy (non-hydrogen) atoms. The largest absolute Gasteiger partial charge is 0.396 e. The molecule has 1 aromatic rings. The Morgan fingerprint density at radius 2 is 2.28 bits per heavy atom. The summed E-state index contributed by atoms with van der Waals surface area (Å²) in [6.07, 6.45) is 2.14. The number of anilines is 1. The van der Waals surface area contributed by atoms with Gasteiger partial charge in [0.1, 0.15) is 0 Å². The van der Waals surface area contributed by atoms with E-state index in [1.807, 2.05) is 24.3 Å². The standard InChI is InChI=1S/C13H17ClN2OS/c14-11-5-1-2-6-12(11)15-13(18)16-7-3-4-10(8-16)9-17/h1-2,5-6,10,17H,3-4,7-9H2,(H,15,18)/t10-/m0/s1. The molecule has 2 rings (SSSR count). The van der Waals surface area contributed by atoms with Crippen molar-refractivity contribution in [1.29, 1.82) is 0 Å². The zero-order valence-corrected chi connectivity index (χ0v) is 11.7. The minimum atomic E-state index is 0.227. The maximum absolute atomic E-state index is 9.21. The van der Waals surface area contributed by atoms with Crippen LogP contribution in [-0.2, 0) is 0 Å². The van der Waals surface area contributed by atoms with E-state index in [1.54, 1.807) is 0 Å². The molecule has 1 aliphatic heterocycles. The molecule has 5 heteroatoms. The highest BCUT2D eigenvalue weighted by Crippen LogP contribution is 2.22. The van der Waals surface area contributed by atoms with Gasteiger partial charge in [0, 0.05) is 19.7 Å². The molecule has 1 aromatic carbocycles. The lowest BCUT2D eigenvalue weighted by Gasteiger charge is -2.33. The Morgan fingerprint density at radius 3 is 3.00 bits per heavy atom. The average molecular weight is 285 g/mol. The lowest BCUT2D eigenvalue weighted by molar-refractivity contribution is 0.162. The van der Waals surface area contributed by atoms with Gasteiger partial charge in [0.2, 0.25) is 0 Å². The zero-order chi connectivity index (χ0) is 13.0. The second kappa shape index (κ2) is 6.36. The third kappa shape index (κ3) is 3.34. The molecule has 0 aliphatic carbocycles. The number of rotatable bonds is 2. The van der Waals surface area contributed by atoms with Crippen LogP contribution in [0.15, 0.2) is 24.3 Å². The van der Waals surface area contributed by atoms with Crippen molar-refractivity contribution in [3.63, 3.8) is 0 Å². The van der Waals surface area contributed by atoms with E-state index >= 15 is 0 Å². The number of para-hydroxylation sites is 1. The molecule has 2 N–H and O–H groups in total. The quantitative estimate of drug-likeness (QED) is 0.819. The molecular formula is C13H17ClN2OS. The number of nitrogens with one attached hydrogen (secondary N) is 1. The van der Waals surface area contributed by atoms with E-state index < -0.39 is 0 Å². The van der Waals surface area contributed by atoms with E-state index in [-0.39, 0.29) is 6.61 Å². The van der Waals surface area contributed by atoms with Crippen molar-refractivity contribution in [3.05, 3.63) is 29.3 Å². The molecular weight excluding hydrogens is 268 g/mol. The summed E-state index contributed by atoms with van der Waals surface area (Å²) in [5.41, 5.74) is 0.829. The van der Waals surface area contributed by atoms with Crippen LogP contribution in [0.25, 0.3) is 0 Å². The predicted octanol–water partition coefficient (Wildman–Crippen LogP) is 2.74. The van der Waals surface area contributed by atoms with Crippen LogP contribution in [0.5, 0.6) is 0 Å². The number of likely N-dealkylation sites (tertiary alicyclic amines) is 1. The summed E-state index contributed by atoms with van der Waals surface area (Å²) in [4.78, 5) is 2.10. The molecule has 3 nitrogen and oxygen atoms in total. The summed E-state index contributed by atoms with van der Waals surface area (Å²) >= 11 is 11.5. The highest BCUT2D eigenvalue weighted by Gasteiger charge is 2.21. The van der Waals surface area contributed by atoms with Gasteiger partial charge < -0.3 is 15.3 Å². The Balaban J connectivity index is 1.97. The SMILES string of the molecule is OC[C@H]1CCCN(C(=S)Nc2ccccc2Cl)C1. The van der Waals surface area contributed by atoms with Gasteiger partial charge in [-0.15, -0.1) is 0 Å². The van der Waals surface area contributed by atoms with Crippen molar-refractivity contribution in [2.45, 2.75) is 12.8 Å². The minimum absolute atomic E-state index is 0.227. The van der Waals surface area contributed by atoms with Gasteiger partial charge >= 0.3 is 0 Å². The summed E-state index contributed by atoms with van der Waals surface area (Å²) in [6, 6.07) is 7.55. The van der Waals surface area contributed by atoms with Crippen LogP contribution in [0.3, 0.4) is 0 Å². The van der Waals surface area contributed by atoms with E-state index in [0.29, 0.717) is 16.1 Å². The van der Waals surface area contributed by atoms with Crippen LogP contribution >= 0.6 is 23.8 Å². The number of halogens is 1. The summed E-state index contributed by atoms with van der Waals surface area (Å²) < 4.78 is 0. The molecule has 1 saturated heterocycles. The van der Waals surface area contributed by atoms with Crippen LogP contribution in [0.1, 0.15) is 12.8 Å². The second-order valence-electron chi connectivity index (χ2n) is 4.55. The molecule has 0 bridgehead atoms. The second-order valence-corrected chi connectivity index (χ2v) is 5.34. The Labute approximate surface area is 118 Å². The van der Waals surface area contributed by atoms with Crippen LogP contribution in [0.4, 0.5) is 5.69 Å². The van der Waals surface area contributed by atoms with Gasteiger partial charge in [-0.1, -0.05) is 23.7 Å². The van der Waals surface area contributed by atoms with Gasteiger partial charge in [0.25, 0.3) is 0 Å². The van der Waals surface area contributed by atoms with Gasteiger partial charge in [0.05, 0.1) is 10.7 Å². The van der Waals surface area contributed by atoms with Crippen molar-refractivity contribution in [1.82, 2.24) is 4.90 Å². The Hall–Kier alpha value is -0.840. The summed E-state index contributed by atoms with van der Waals surface area (Å²) in [5.74, 6) is 0.324. The van der Waals surface area contributed by atoms with Gasteiger partial charge in [-0.3, -0.25) is 0 Å². The van der Waals surface area contributed by atoms with Crippen LogP contribution in [0.2, 0.25) is 5.02 Å². The summed E-state index contributed by atoms with van der Waals surface area (Å²) in [5, 5.41) is 13.7. The Kier molecular flexibility index (Phi) is 4.80. The number of aliphatic hydroxyl groups is 1. The molecule has 0 saturated carbocycles. The van der Waals surface area contributed by atoms with Crippen LogP contribution < -0.4 is 5.32 Å². The first-order valence-corrected chi connectivity index (χ1v) is 6.90. The molecule has 0 spiro atoms. The topological polar surface area (TPSA) is 35.5 Å². The van der Waals surface area contributed by atoms with Gasteiger partial charge in [-0.25, -0.2) is 0 Å². The normalized spacial score (nSPS) is 19.7. The van der Waals surface area contributed by atoms with E-state index in [2.05, 4.69) is 10.2 Å². The third-order valence-electron chi connectivity index (χ3n) is 3.18. The first-order chi connectivity index (χ1) is 8.70. The highest BCUT2D eigenvalue weighted by molar-refractivity contribution is 7.80. The fourth-order valence-electron chi connectivity index (χ4n) is 2.16. The Bertz CT molecular complexity index is 427. The van der Waals surface area contributed by atoms with E-state index in [9.17, 15) is 5.11 Å². The smallest absolute Gasteiger partial charge is 0.173 e. The number of aliphatic hydroxyl groups excluding tert-OH is 1. The predicted molar refractivity (Wildman–Crippen MR) is 79.1 cm³/mol. The van der Waals surface area contributed by atoms with Crippen LogP contribution in [0, 0.1) is 5.92 Å². The van der Waals surface area contributed by atoms with Crippen molar-refractivity contribution in [2.24, 2.45) is 5.92 Å². The molecule has 98 valence electrons. The van der Waals surface area contributed by atoms with E-state index in [1.165, 1.54) is 0 Å². The highest BCUT2D eigenvalue weighted by atomic mass is 35.5. The van der Waals surface area contributed by atoms with Crippen molar-refractivity contribution >= 4 is 34.6 Å². The summed E-state index contributed by atoms with van der Waals surface area (Å²) in [7, 11) is 0. The molecule has 1 fully saturated rings. The lowest BCUT2D eigenvalue weighted by Crippen LogP contribution is -2.43. The first-order valence-electron chi connectivity index (χ1n) is 6.12. The number of nitrogens with zero attached hydrogens (tertiary/aromatic N) is 1. The fourth-order valence-corrected chi connectivity index (χ4v) is 2.61. The molecule has 1 aliphatic rings. The first kappa shape index (κ1) is 13.6.